The molecule has 2 fully saturated rings. The zero-order chi connectivity index (χ0) is 56.0. The molecule has 0 bridgehead atoms. The van der Waals surface area contributed by atoms with Gasteiger partial charge >= 0.3 is 0 Å². The van der Waals surface area contributed by atoms with Crippen molar-refractivity contribution in [2.75, 3.05) is 20.3 Å². The molecule has 0 N–H and O–H groups in total. The van der Waals surface area contributed by atoms with Crippen LogP contribution in [0.3, 0.4) is 0 Å². The molecule has 2 heterocycles. The van der Waals surface area contributed by atoms with Crippen LogP contribution in [0.2, 0.25) is 0 Å². The van der Waals surface area contributed by atoms with Crippen molar-refractivity contribution >= 4 is 0 Å². The third-order valence-electron chi connectivity index (χ3n) is 14.3. The van der Waals surface area contributed by atoms with E-state index in [1.54, 1.807) is 19.2 Å². The molecule has 10 rings (SSSR count). The Morgan fingerprint density at radius 3 is 1.10 bits per heavy atom. The van der Waals surface area contributed by atoms with Crippen molar-refractivity contribution in [1.29, 1.82) is 0 Å². The predicted molar refractivity (Wildman–Crippen MR) is 307 cm³/mol. The highest BCUT2D eigenvalue weighted by Gasteiger charge is 2.52. The van der Waals surface area contributed by atoms with Crippen molar-refractivity contribution < 1.29 is 61.2 Å². The fourth-order valence-corrected chi connectivity index (χ4v) is 10.0. The van der Waals surface area contributed by atoms with Crippen LogP contribution in [0.25, 0.3) is 0 Å². The molecule has 0 aliphatic carbocycles. The lowest BCUT2D eigenvalue weighted by atomic mass is 9.97. The van der Waals surface area contributed by atoms with Crippen molar-refractivity contribution in [3.8, 4) is 5.75 Å². The van der Waals surface area contributed by atoms with Crippen LogP contribution in [0, 0.1) is 0 Å². The number of rotatable bonds is 29. The molecule has 11 atom stereocenters. The molecular formula is C69H71FO12. The highest BCUT2D eigenvalue weighted by Crippen LogP contribution is 2.37. The topological polar surface area (TPSA) is 111 Å². The van der Waals surface area contributed by atoms with Crippen LogP contribution in [0.15, 0.2) is 237 Å². The highest BCUT2D eigenvalue weighted by atomic mass is 19.1. The van der Waals surface area contributed by atoms with Crippen LogP contribution in [-0.2, 0) is 98.4 Å². The second-order valence-electron chi connectivity index (χ2n) is 20.2. The summed E-state index contributed by atoms with van der Waals surface area (Å²) < 4.78 is 98.2. The van der Waals surface area contributed by atoms with Gasteiger partial charge in [0.15, 0.2) is 12.6 Å². The van der Waals surface area contributed by atoms with Gasteiger partial charge in [-0.15, -0.1) is 0 Å². The smallest absolute Gasteiger partial charge is 0.228 e. The monoisotopic (exact) mass is 1110 g/mol. The van der Waals surface area contributed by atoms with E-state index >= 15 is 4.39 Å². The van der Waals surface area contributed by atoms with Gasteiger partial charge in [-0.3, -0.25) is 0 Å². The molecule has 0 amide bonds. The minimum Gasteiger partial charge on any atom is -0.497 e. The van der Waals surface area contributed by atoms with Gasteiger partial charge < -0.3 is 56.8 Å². The van der Waals surface area contributed by atoms with Crippen molar-refractivity contribution in [3.63, 3.8) is 0 Å². The molecule has 82 heavy (non-hydrogen) atoms. The SMILES string of the molecule is COc1ccc([C@H](OC[C@H]2O[C@@H](OCc3ccccc3)[C@H](OCc3ccccc3)[C@@H](OCc3ccccc3)[C@@H]2OCc2ccccc2)O[C@H]2[C@@H](OCc3ccccc3)[C@H](OCc3ccccc3)[C@@H](COCc3ccccc3)O[C@@H]2F)cc1. The number of alkyl halides is 1. The quantitative estimate of drug-likeness (QED) is 0.0416. The summed E-state index contributed by atoms with van der Waals surface area (Å²) in [4.78, 5) is 0. The largest absolute Gasteiger partial charge is 0.497 e. The molecular weight excluding hydrogens is 1040 g/mol. The summed E-state index contributed by atoms with van der Waals surface area (Å²) in [5.41, 5.74) is 7.09. The minimum atomic E-state index is -2.03. The maximum absolute atomic E-state index is 17.6. The number of benzene rings is 8. The number of hydrogen-bond donors (Lipinski definition) is 0. The molecule has 8 aromatic rings. The van der Waals surface area contributed by atoms with Gasteiger partial charge in [0.1, 0.15) is 54.6 Å². The predicted octanol–water partition coefficient (Wildman–Crippen LogP) is 12.9. The number of hydrogen-bond acceptors (Lipinski definition) is 12. The molecule has 0 unspecified atom stereocenters. The molecule has 426 valence electrons. The van der Waals surface area contributed by atoms with E-state index in [9.17, 15) is 0 Å². The Balaban J connectivity index is 0.992. The standard InChI is InChI=1S/C69H71FO12/c1-71-58-39-37-57(38-40-58)68(82-65-63(75-44-53-29-15-5-16-30-53)61(73-42-51-25-11-3-12-26-51)59(80-67(65)70)48-72-41-50-23-9-2-10-24-50)79-49-60-62(74-43-52-27-13-4-14-28-52)64(76-45-54-31-17-6-18-32-54)66(77-46-55-33-19-7-20-34-55)69(81-60)78-47-56-35-21-8-22-36-56/h2-40,59-69H,41-49H2,1H3/t59-,60-,61-,62-,63+,64+,65+,66-,67+,68-,69-/m1/s1. The summed E-state index contributed by atoms with van der Waals surface area (Å²) in [6.45, 7) is 1.31. The molecule has 2 aliphatic heterocycles. The first kappa shape index (κ1) is 58.3. The van der Waals surface area contributed by atoms with Crippen LogP contribution in [-0.4, -0.2) is 81.8 Å². The Labute approximate surface area is 480 Å². The lowest BCUT2D eigenvalue weighted by Gasteiger charge is -2.46. The molecule has 8 aromatic carbocycles. The van der Waals surface area contributed by atoms with E-state index < -0.39 is 67.8 Å². The Hall–Kier alpha value is -6.95. The van der Waals surface area contributed by atoms with E-state index in [0.717, 1.165) is 38.9 Å². The van der Waals surface area contributed by atoms with Gasteiger partial charge in [0.05, 0.1) is 66.6 Å². The van der Waals surface area contributed by atoms with Crippen molar-refractivity contribution in [2.45, 2.75) is 114 Å². The van der Waals surface area contributed by atoms with Gasteiger partial charge in [0, 0.05) is 5.56 Å². The summed E-state index contributed by atoms with van der Waals surface area (Å²) in [5.74, 6) is 0.604. The van der Waals surface area contributed by atoms with Crippen LogP contribution in [0.5, 0.6) is 5.75 Å². The summed E-state index contributed by atoms with van der Waals surface area (Å²) in [5, 5.41) is 0. The van der Waals surface area contributed by atoms with Gasteiger partial charge in [0.25, 0.3) is 0 Å². The van der Waals surface area contributed by atoms with E-state index in [0.29, 0.717) is 11.3 Å². The van der Waals surface area contributed by atoms with Gasteiger partial charge in [-0.1, -0.05) is 224 Å². The lowest BCUT2D eigenvalue weighted by molar-refractivity contribution is -0.346. The van der Waals surface area contributed by atoms with Gasteiger partial charge in [-0.05, 0) is 51.1 Å². The zero-order valence-electron chi connectivity index (χ0n) is 46.0. The van der Waals surface area contributed by atoms with Crippen LogP contribution < -0.4 is 4.74 Å². The first-order valence-corrected chi connectivity index (χ1v) is 27.9. The number of halogens is 1. The van der Waals surface area contributed by atoms with Crippen LogP contribution >= 0.6 is 0 Å². The van der Waals surface area contributed by atoms with Crippen molar-refractivity contribution in [3.05, 3.63) is 281 Å². The second kappa shape index (κ2) is 30.9. The first-order chi connectivity index (χ1) is 40.5. The molecule has 2 aliphatic rings. The Morgan fingerprint density at radius 2 is 0.695 bits per heavy atom. The molecule has 12 nitrogen and oxygen atoms in total. The van der Waals surface area contributed by atoms with Crippen LogP contribution in [0.4, 0.5) is 4.39 Å². The van der Waals surface area contributed by atoms with Crippen LogP contribution in [0.1, 0.15) is 50.8 Å². The average molecular weight is 1110 g/mol. The van der Waals surface area contributed by atoms with Gasteiger partial charge in [0.2, 0.25) is 6.36 Å². The third kappa shape index (κ3) is 16.8. The number of ether oxygens (including phenoxy) is 12. The molecule has 0 aromatic heterocycles. The fourth-order valence-electron chi connectivity index (χ4n) is 10.0. The molecule has 0 saturated carbocycles. The van der Waals surface area contributed by atoms with E-state index in [-0.39, 0.29) is 59.5 Å². The number of methoxy groups -OCH3 is 1. The maximum Gasteiger partial charge on any atom is 0.228 e. The fraction of sp³-hybridized carbons (Fsp3) is 0.304. The van der Waals surface area contributed by atoms with E-state index in [2.05, 4.69) is 0 Å². The Bertz CT molecular complexity index is 3010. The van der Waals surface area contributed by atoms with Crippen molar-refractivity contribution in [2.24, 2.45) is 0 Å². The maximum atomic E-state index is 17.6. The lowest BCUT2D eigenvalue weighted by Crippen LogP contribution is -2.62. The van der Waals surface area contributed by atoms with Gasteiger partial charge in [-0.25, -0.2) is 4.39 Å². The second-order valence-corrected chi connectivity index (χ2v) is 20.2. The van der Waals surface area contributed by atoms with Gasteiger partial charge in [-0.2, -0.15) is 0 Å². The zero-order valence-corrected chi connectivity index (χ0v) is 46.0. The van der Waals surface area contributed by atoms with E-state index in [1.807, 2.05) is 224 Å². The third-order valence-corrected chi connectivity index (χ3v) is 14.3. The summed E-state index contributed by atoms with van der Waals surface area (Å²) in [6.07, 6.45) is -11.8. The van der Waals surface area contributed by atoms with E-state index in [1.165, 1.54) is 0 Å². The molecule has 0 spiro atoms. The van der Waals surface area contributed by atoms with E-state index in [4.69, 9.17) is 56.8 Å². The molecule has 2 saturated heterocycles. The Morgan fingerprint density at radius 1 is 0.354 bits per heavy atom. The summed E-state index contributed by atoms with van der Waals surface area (Å²) >= 11 is 0. The average Bonchev–Trinajstić information content (AvgIpc) is 3.69. The summed E-state index contributed by atoms with van der Waals surface area (Å²) in [6, 6.07) is 76.2. The Kier molecular flexibility index (Phi) is 22.0. The molecule has 13 heteroatoms. The molecule has 0 radical (unpaired) electrons. The normalized spacial score (nSPS) is 23.0. The highest BCUT2D eigenvalue weighted by molar-refractivity contribution is 5.28. The van der Waals surface area contributed by atoms with Crippen molar-refractivity contribution in [1.82, 2.24) is 0 Å². The summed E-state index contributed by atoms with van der Waals surface area (Å²) in [7, 11) is 1.59. The minimum absolute atomic E-state index is 0.00552. The first-order valence-electron chi connectivity index (χ1n) is 27.9.